The lowest BCUT2D eigenvalue weighted by Gasteiger charge is -2.35. The molecule has 1 aliphatic heterocycles. The fourth-order valence-corrected chi connectivity index (χ4v) is 3.25. The molecule has 2 N–H and O–H groups in total. The molecule has 20 heavy (non-hydrogen) atoms. The maximum Gasteiger partial charge on any atom is 0.179 e. The van der Waals surface area contributed by atoms with Crippen molar-refractivity contribution in [1.29, 1.82) is 0 Å². The normalized spacial score (nSPS) is 17.4. The lowest BCUT2D eigenvalue weighted by Crippen LogP contribution is -2.47. The van der Waals surface area contributed by atoms with Crippen LogP contribution in [0.25, 0.3) is 0 Å². The molecule has 1 aromatic rings. The lowest BCUT2D eigenvalue weighted by molar-refractivity contribution is 0.255. The van der Waals surface area contributed by atoms with Crippen molar-refractivity contribution in [2.24, 2.45) is 5.73 Å². The maximum atomic E-state index is 11.8. The van der Waals surface area contributed by atoms with Gasteiger partial charge in [0, 0.05) is 38.6 Å². The minimum atomic E-state index is -3.24. The van der Waals surface area contributed by atoms with E-state index in [1.54, 1.807) is 18.3 Å². The van der Waals surface area contributed by atoms with Gasteiger partial charge in [-0.05, 0) is 31.6 Å². The number of pyridine rings is 1. The van der Waals surface area contributed by atoms with Gasteiger partial charge in [-0.25, -0.2) is 13.4 Å². The molecule has 1 fully saturated rings. The van der Waals surface area contributed by atoms with Crippen molar-refractivity contribution in [2.75, 3.05) is 50.4 Å². The first-order chi connectivity index (χ1) is 9.52. The Morgan fingerprint density at radius 1 is 1.30 bits per heavy atom. The molecular weight excluding hydrogens is 276 g/mol. The topological polar surface area (TPSA) is 79.5 Å². The Morgan fingerprint density at radius 3 is 2.60 bits per heavy atom. The first-order valence-corrected chi connectivity index (χ1v) is 8.74. The predicted octanol–water partition coefficient (Wildman–Crippen LogP) is -0.0441. The highest BCUT2D eigenvalue weighted by Crippen LogP contribution is 2.23. The molecule has 2 heterocycles. The first kappa shape index (κ1) is 15.2. The molecule has 0 bridgehead atoms. The van der Waals surface area contributed by atoms with Crippen LogP contribution in [0, 0.1) is 0 Å². The van der Waals surface area contributed by atoms with Gasteiger partial charge in [0.1, 0.15) is 10.7 Å². The zero-order valence-corrected chi connectivity index (χ0v) is 12.6. The highest BCUT2D eigenvalue weighted by atomic mass is 32.2. The smallest absolute Gasteiger partial charge is 0.179 e. The number of piperazine rings is 1. The molecule has 6 nitrogen and oxygen atoms in total. The molecule has 0 aromatic carbocycles. The SMILES string of the molecule is CS(=O)(=O)c1cccnc1N1CCN(CCCN)CC1. The van der Waals surface area contributed by atoms with E-state index in [1.807, 2.05) is 0 Å². The van der Waals surface area contributed by atoms with Crippen LogP contribution in [0.3, 0.4) is 0 Å². The van der Waals surface area contributed by atoms with Crippen LogP contribution in [0.5, 0.6) is 0 Å². The summed E-state index contributed by atoms with van der Waals surface area (Å²) in [6.45, 7) is 5.14. The van der Waals surface area contributed by atoms with E-state index < -0.39 is 9.84 Å². The van der Waals surface area contributed by atoms with E-state index in [2.05, 4.69) is 14.8 Å². The molecule has 112 valence electrons. The molecule has 0 spiro atoms. The molecule has 0 atom stereocenters. The lowest BCUT2D eigenvalue weighted by atomic mass is 10.3. The van der Waals surface area contributed by atoms with Crippen LogP contribution in [-0.4, -0.2) is 63.8 Å². The van der Waals surface area contributed by atoms with E-state index in [4.69, 9.17) is 5.73 Å². The van der Waals surface area contributed by atoms with Crippen molar-refractivity contribution in [3.63, 3.8) is 0 Å². The Hall–Kier alpha value is -1.18. The molecule has 0 radical (unpaired) electrons. The van der Waals surface area contributed by atoms with E-state index >= 15 is 0 Å². The van der Waals surface area contributed by atoms with Gasteiger partial charge >= 0.3 is 0 Å². The summed E-state index contributed by atoms with van der Waals surface area (Å²) in [6.07, 6.45) is 3.87. The Kier molecular flexibility index (Phi) is 4.95. The van der Waals surface area contributed by atoms with E-state index in [9.17, 15) is 8.42 Å². The third kappa shape index (κ3) is 3.68. The molecule has 1 saturated heterocycles. The molecule has 0 saturated carbocycles. The van der Waals surface area contributed by atoms with Gasteiger partial charge in [-0.3, -0.25) is 4.90 Å². The summed E-state index contributed by atoms with van der Waals surface area (Å²) >= 11 is 0. The van der Waals surface area contributed by atoms with Gasteiger partial charge in [0.15, 0.2) is 9.84 Å². The Labute approximate surface area is 120 Å². The van der Waals surface area contributed by atoms with Crippen LogP contribution in [0.1, 0.15) is 6.42 Å². The maximum absolute atomic E-state index is 11.8. The van der Waals surface area contributed by atoms with Crippen molar-refractivity contribution >= 4 is 15.7 Å². The van der Waals surface area contributed by atoms with E-state index in [-0.39, 0.29) is 0 Å². The molecule has 2 rings (SSSR count). The summed E-state index contributed by atoms with van der Waals surface area (Å²) in [5.41, 5.74) is 5.52. The summed E-state index contributed by atoms with van der Waals surface area (Å²) in [4.78, 5) is 8.98. The van der Waals surface area contributed by atoms with Crippen molar-refractivity contribution in [1.82, 2.24) is 9.88 Å². The van der Waals surface area contributed by atoms with Gasteiger partial charge in [0.05, 0.1) is 0 Å². The summed E-state index contributed by atoms with van der Waals surface area (Å²) in [5, 5.41) is 0. The van der Waals surface area contributed by atoms with Crippen molar-refractivity contribution < 1.29 is 8.42 Å². The van der Waals surface area contributed by atoms with Gasteiger partial charge in [-0.1, -0.05) is 0 Å². The van der Waals surface area contributed by atoms with Crippen LogP contribution in [0.15, 0.2) is 23.2 Å². The van der Waals surface area contributed by atoms with Crippen LogP contribution in [0.4, 0.5) is 5.82 Å². The fourth-order valence-electron chi connectivity index (χ4n) is 2.41. The molecule has 1 aliphatic rings. The third-order valence-electron chi connectivity index (χ3n) is 3.50. The zero-order chi connectivity index (χ0) is 14.6. The van der Waals surface area contributed by atoms with Crippen molar-refractivity contribution in [2.45, 2.75) is 11.3 Å². The molecule has 0 unspecified atom stereocenters. The number of nitrogens with two attached hydrogens (primary N) is 1. The summed E-state index contributed by atoms with van der Waals surface area (Å²) in [5.74, 6) is 0.577. The Balaban J connectivity index is 2.08. The van der Waals surface area contributed by atoms with Gasteiger partial charge < -0.3 is 10.6 Å². The number of rotatable bonds is 5. The highest BCUT2D eigenvalue weighted by Gasteiger charge is 2.23. The predicted molar refractivity (Wildman–Crippen MR) is 79.7 cm³/mol. The van der Waals surface area contributed by atoms with Crippen LogP contribution in [0.2, 0.25) is 0 Å². The van der Waals surface area contributed by atoms with Gasteiger partial charge in [0.25, 0.3) is 0 Å². The molecule has 0 amide bonds. The number of hydrogen-bond donors (Lipinski definition) is 1. The second kappa shape index (κ2) is 6.51. The highest BCUT2D eigenvalue weighted by molar-refractivity contribution is 7.90. The second-order valence-corrected chi connectivity index (χ2v) is 7.05. The summed E-state index contributed by atoms with van der Waals surface area (Å²) < 4.78 is 23.6. The molecule has 0 aliphatic carbocycles. The quantitative estimate of drug-likeness (QED) is 0.821. The van der Waals surface area contributed by atoms with Crippen LogP contribution in [-0.2, 0) is 9.84 Å². The third-order valence-corrected chi connectivity index (χ3v) is 4.62. The molecule has 7 heteroatoms. The number of nitrogens with zero attached hydrogens (tertiary/aromatic N) is 3. The van der Waals surface area contributed by atoms with Gasteiger partial charge in [-0.2, -0.15) is 0 Å². The van der Waals surface area contributed by atoms with Gasteiger partial charge in [0.2, 0.25) is 0 Å². The number of aromatic nitrogens is 1. The largest absolute Gasteiger partial charge is 0.353 e. The number of sulfone groups is 1. The first-order valence-electron chi connectivity index (χ1n) is 6.85. The Bertz CT molecular complexity index is 539. The second-order valence-electron chi connectivity index (χ2n) is 5.07. The number of hydrogen-bond acceptors (Lipinski definition) is 6. The number of anilines is 1. The standard InChI is InChI=1S/C13H22N4O2S/c1-20(18,19)12-4-2-6-15-13(12)17-10-8-16(9-11-17)7-3-5-14/h2,4,6H,3,5,7-11,14H2,1H3. The van der Waals surface area contributed by atoms with Crippen LogP contribution >= 0.6 is 0 Å². The van der Waals surface area contributed by atoms with E-state index in [1.165, 1.54) is 6.26 Å². The average Bonchev–Trinajstić information content (AvgIpc) is 2.45. The average molecular weight is 298 g/mol. The molecule has 1 aromatic heterocycles. The zero-order valence-electron chi connectivity index (χ0n) is 11.8. The summed E-state index contributed by atoms with van der Waals surface area (Å²) in [7, 11) is -3.24. The minimum Gasteiger partial charge on any atom is -0.353 e. The Morgan fingerprint density at radius 2 is 2.00 bits per heavy atom. The fraction of sp³-hybridized carbons (Fsp3) is 0.615. The monoisotopic (exact) mass is 298 g/mol. The van der Waals surface area contributed by atoms with Crippen molar-refractivity contribution in [3.05, 3.63) is 18.3 Å². The summed E-state index contributed by atoms with van der Waals surface area (Å²) in [6, 6.07) is 3.29. The van der Waals surface area contributed by atoms with Gasteiger partial charge in [-0.15, -0.1) is 0 Å². The molecular formula is C13H22N4O2S. The van der Waals surface area contributed by atoms with Crippen molar-refractivity contribution in [3.8, 4) is 0 Å². The minimum absolute atomic E-state index is 0.315. The van der Waals surface area contributed by atoms with Crippen LogP contribution < -0.4 is 10.6 Å². The van der Waals surface area contributed by atoms with E-state index in [0.29, 0.717) is 17.3 Å². The van der Waals surface area contributed by atoms with E-state index in [0.717, 1.165) is 39.1 Å².